The molecule has 4 aromatic heterocycles. The second-order valence-corrected chi connectivity index (χ2v) is 20.5. The third kappa shape index (κ3) is 6.26. The lowest BCUT2D eigenvalue weighted by atomic mass is 9.82. The number of nitrogens with zero attached hydrogens (tertiary/aromatic N) is 6. The van der Waals surface area contributed by atoms with Crippen molar-refractivity contribution in [3.63, 3.8) is 0 Å². The molecule has 5 aromatic carbocycles. The second-order valence-electron chi connectivity index (χ2n) is 18.6. The van der Waals surface area contributed by atoms with E-state index in [0.29, 0.717) is 0 Å². The molecule has 0 N–H and O–H groups in total. The van der Waals surface area contributed by atoms with E-state index in [2.05, 4.69) is 186 Å². The van der Waals surface area contributed by atoms with Crippen LogP contribution in [0.3, 0.4) is 0 Å². The number of fused-ring (bicyclic) bond motifs is 6. The zero-order valence-corrected chi connectivity index (χ0v) is 37.4. The van der Waals surface area contributed by atoms with Crippen LogP contribution < -0.4 is 0 Å². The average Bonchev–Trinajstić information content (AvgIpc) is 4.08. The molecule has 2 aliphatic rings. The Labute approximate surface area is 370 Å². The molecule has 9 aromatic rings. The van der Waals surface area contributed by atoms with Crippen LogP contribution in [-0.2, 0) is 16.2 Å². The predicted octanol–water partition coefficient (Wildman–Crippen LogP) is 14.1. The van der Waals surface area contributed by atoms with Crippen LogP contribution in [0, 0.1) is 0 Å². The molecule has 302 valence electrons. The predicted molar refractivity (Wildman–Crippen MR) is 255 cm³/mol. The van der Waals surface area contributed by atoms with Crippen molar-refractivity contribution >= 4 is 22.7 Å². The summed E-state index contributed by atoms with van der Waals surface area (Å²) < 4.78 is 0. The Morgan fingerprint density at radius 2 is 0.774 bits per heavy atom. The van der Waals surface area contributed by atoms with Crippen LogP contribution in [0.15, 0.2) is 140 Å². The molecule has 0 radical (unpaired) electrons. The van der Waals surface area contributed by atoms with Crippen LogP contribution in [0.4, 0.5) is 0 Å². The fourth-order valence-electron chi connectivity index (χ4n) is 9.35. The molecule has 2 aliphatic carbocycles. The summed E-state index contributed by atoms with van der Waals surface area (Å²) in [5.74, 6) is 0. The molecule has 0 saturated heterocycles. The van der Waals surface area contributed by atoms with Gasteiger partial charge in [0, 0.05) is 33.1 Å². The first-order valence-electron chi connectivity index (χ1n) is 21.1. The van der Waals surface area contributed by atoms with Gasteiger partial charge >= 0.3 is 0 Å². The highest BCUT2D eigenvalue weighted by Gasteiger charge is 2.36. The van der Waals surface area contributed by atoms with Crippen LogP contribution in [0.1, 0.15) is 76.3 Å². The standard InChI is InChI=1S/C54H44N6S2/c1-52(2,3)35-27-33(48-57-59-50(61-48)46-20-12-18-44(55-46)31-22-24-38-36-14-8-10-16-40(36)53(4,5)42(38)29-31)26-34(28-35)49-58-60-51(62-49)47-21-13-19-45(56-47)32-23-25-39-37-15-9-11-17-41(37)54(6,7)43(39)30-32/h8-30H,1-7H3. The maximum atomic E-state index is 5.14. The smallest absolute Gasteiger partial charge is 0.166 e. The third-order valence-corrected chi connectivity index (χ3v) is 14.8. The Bertz CT molecular complexity index is 3050. The Hall–Kier alpha value is -6.48. The molecule has 0 atom stereocenters. The zero-order chi connectivity index (χ0) is 42.5. The fourth-order valence-corrected chi connectivity index (χ4v) is 11.0. The van der Waals surface area contributed by atoms with Gasteiger partial charge in [0.15, 0.2) is 10.0 Å². The zero-order valence-electron chi connectivity index (χ0n) is 35.8. The summed E-state index contributed by atoms with van der Waals surface area (Å²) in [4.78, 5) is 10.3. The van der Waals surface area contributed by atoms with E-state index in [1.165, 1.54) is 50.1 Å². The maximum absolute atomic E-state index is 5.14. The van der Waals surface area contributed by atoms with Crippen molar-refractivity contribution in [1.82, 2.24) is 30.4 Å². The summed E-state index contributed by atoms with van der Waals surface area (Å²) in [6, 6.07) is 49.9. The molecule has 6 nitrogen and oxygen atoms in total. The van der Waals surface area contributed by atoms with Gasteiger partial charge in [0.05, 0.1) is 11.4 Å². The largest absolute Gasteiger partial charge is 0.245 e. The summed E-state index contributed by atoms with van der Waals surface area (Å²) in [5.41, 5.74) is 19.1. The van der Waals surface area contributed by atoms with E-state index in [9.17, 15) is 0 Å². The molecular formula is C54H44N6S2. The Kier molecular flexibility index (Phi) is 8.70. The number of benzene rings is 5. The maximum Gasteiger partial charge on any atom is 0.166 e. The molecule has 0 bridgehead atoms. The normalized spacial score (nSPS) is 14.3. The topological polar surface area (TPSA) is 77.3 Å². The number of aromatic nitrogens is 6. The molecule has 8 heteroatoms. The highest BCUT2D eigenvalue weighted by Crippen LogP contribution is 2.51. The molecule has 0 aliphatic heterocycles. The first-order chi connectivity index (χ1) is 29.8. The van der Waals surface area contributed by atoms with Gasteiger partial charge in [0.25, 0.3) is 0 Å². The highest BCUT2D eigenvalue weighted by molar-refractivity contribution is 7.18. The summed E-state index contributed by atoms with van der Waals surface area (Å²) in [6.45, 7) is 15.9. The van der Waals surface area contributed by atoms with E-state index in [1.807, 2.05) is 12.1 Å². The quantitative estimate of drug-likeness (QED) is 0.166. The van der Waals surface area contributed by atoms with Crippen molar-refractivity contribution in [3.05, 3.63) is 167 Å². The molecule has 4 heterocycles. The summed E-state index contributed by atoms with van der Waals surface area (Å²) >= 11 is 3.11. The van der Waals surface area contributed by atoms with Crippen LogP contribution in [0.25, 0.3) is 87.3 Å². The van der Waals surface area contributed by atoms with E-state index in [1.54, 1.807) is 22.7 Å². The highest BCUT2D eigenvalue weighted by atomic mass is 32.1. The molecule has 0 saturated carbocycles. The van der Waals surface area contributed by atoms with Gasteiger partial charge in [-0.1, -0.05) is 156 Å². The number of rotatable bonds is 6. The number of pyridine rings is 2. The molecule has 0 fully saturated rings. The van der Waals surface area contributed by atoms with E-state index in [0.717, 1.165) is 65.1 Å². The van der Waals surface area contributed by atoms with Gasteiger partial charge < -0.3 is 0 Å². The van der Waals surface area contributed by atoms with E-state index < -0.39 is 0 Å². The van der Waals surface area contributed by atoms with Gasteiger partial charge in [-0.15, -0.1) is 20.4 Å². The van der Waals surface area contributed by atoms with Crippen molar-refractivity contribution in [3.8, 4) is 87.3 Å². The van der Waals surface area contributed by atoms with Crippen LogP contribution >= 0.6 is 22.7 Å². The number of hydrogen-bond donors (Lipinski definition) is 0. The Morgan fingerprint density at radius 1 is 0.371 bits per heavy atom. The van der Waals surface area contributed by atoms with Gasteiger partial charge in [0.2, 0.25) is 0 Å². The van der Waals surface area contributed by atoms with E-state index >= 15 is 0 Å². The van der Waals surface area contributed by atoms with Gasteiger partial charge in [0.1, 0.15) is 21.4 Å². The average molecular weight is 841 g/mol. The minimum Gasteiger partial charge on any atom is -0.245 e. The lowest BCUT2D eigenvalue weighted by Crippen LogP contribution is -2.14. The first kappa shape index (κ1) is 38.4. The van der Waals surface area contributed by atoms with Crippen LogP contribution in [0.5, 0.6) is 0 Å². The van der Waals surface area contributed by atoms with Crippen LogP contribution in [-0.4, -0.2) is 30.4 Å². The van der Waals surface area contributed by atoms with E-state index in [-0.39, 0.29) is 16.2 Å². The molecule has 0 unspecified atom stereocenters. The molecular weight excluding hydrogens is 797 g/mol. The molecule has 0 amide bonds. The summed E-state index contributed by atoms with van der Waals surface area (Å²) in [5, 5.41) is 22.1. The third-order valence-electron chi connectivity index (χ3n) is 12.8. The van der Waals surface area contributed by atoms with Crippen molar-refractivity contribution in [2.75, 3.05) is 0 Å². The monoisotopic (exact) mass is 840 g/mol. The van der Waals surface area contributed by atoms with Crippen molar-refractivity contribution < 1.29 is 0 Å². The van der Waals surface area contributed by atoms with Gasteiger partial charge in [-0.2, -0.15) is 0 Å². The molecule has 0 spiro atoms. The molecule has 62 heavy (non-hydrogen) atoms. The van der Waals surface area contributed by atoms with E-state index in [4.69, 9.17) is 20.2 Å². The lowest BCUT2D eigenvalue weighted by molar-refractivity contribution is 0.590. The minimum absolute atomic E-state index is 0.0820. The minimum atomic E-state index is -0.116. The lowest BCUT2D eigenvalue weighted by Gasteiger charge is -2.21. The molecule has 11 rings (SSSR count). The Morgan fingerprint density at radius 3 is 1.23 bits per heavy atom. The Balaban J connectivity index is 0.889. The van der Waals surface area contributed by atoms with Crippen LogP contribution in [0.2, 0.25) is 0 Å². The van der Waals surface area contributed by atoms with Gasteiger partial charge in [-0.05, 0) is 110 Å². The van der Waals surface area contributed by atoms with Crippen molar-refractivity contribution in [1.29, 1.82) is 0 Å². The SMILES string of the molecule is CC(C)(C)c1cc(-c2nnc(-c3cccc(-c4ccc5c(c4)C(C)(C)c4ccccc4-5)n3)s2)cc(-c2nnc(-c3cccc(-c4ccc5c(c4)C(C)(C)c4ccccc4-5)n3)s2)c1. The summed E-state index contributed by atoms with van der Waals surface area (Å²) in [7, 11) is 0. The summed E-state index contributed by atoms with van der Waals surface area (Å²) in [6.07, 6.45) is 0. The van der Waals surface area contributed by atoms with Gasteiger partial charge in [-0.25, -0.2) is 9.97 Å². The first-order valence-corrected chi connectivity index (χ1v) is 22.7. The van der Waals surface area contributed by atoms with Gasteiger partial charge in [-0.3, -0.25) is 0 Å². The second kappa shape index (κ2) is 14.0. The fraction of sp³-hybridized carbons (Fsp3) is 0.185. The van der Waals surface area contributed by atoms with Crippen molar-refractivity contribution in [2.45, 2.75) is 64.7 Å². The number of hydrogen-bond acceptors (Lipinski definition) is 8. The van der Waals surface area contributed by atoms with Crippen molar-refractivity contribution in [2.24, 2.45) is 0 Å².